The topological polar surface area (TPSA) is 93.3 Å². The van der Waals surface area contributed by atoms with Gasteiger partial charge in [0.2, 0.25) is 5.88 Å². The van der Waals surface area contributed by atoms with Gasteiger partial charge in [0, 0.05) is 37.5 Å². The monoisotopic (exact) mass is 278 g/mol. The van der Waals surface area contributed by atoms with Crippen molar-refractivity contribution in [2.45, 2.75) is 37.3 Å². The van der Waals surface area contributed by atoms with Crippen LogP contribution in [0, 0.1) is 5.92 Å². The van der Waals surface area contributed by atoms with Gasteiger partial charge in [-0.25, -0.2) is 4.98 Å². The van der Waals surface area contributed by atoms with E-state index in [0.717, 1.165) is 38.0 Å². The predicted octanol–water partition coefficient (Wildman–Crippen LogP) is 0.0305. The number of hydrogen-bond donors (Lipinski definition) is 3. The number of aromatic nitrogens is 2. The minimum Gasteiger partial charge on any atom is -0.473 e. The summed E-state index contributed by atoms with van der Waals surface area (Å²) in [6, 6.07) is 0.252. The van der Waals surface area contributed by atoms with Crippen molar-refractivity contribution in [3.05, 3.63) is 18.1 Å². The standard InChI is InChI=1S/C14H22N4O2/c15-10-5-11(6-10)20-14-13(17-3-4-18-14)12-7-16-2-1-9(12)8-19/h3-4,9-12,16,19H,1-2,5-8,15H2/t9?,10?,11?,12-/m1/s1. The van der Waals surface area contributed by atoms with Crippen LogP contribution < -0.4 is 15.8 Å². The second-order valence-corrected chi connectivity index (χ2v) is 5.76. The number of nitrogens with one attached hydrogen (secondary N) is 1. The summed E-state index contributed by atoms with van der Waals surface area (Å²) in [7, 11) is 0. The molecule has 0 amide bonds. The summed E-state index contributed by atoms with van der Waals surface area (Å²) in [5.74, 6) is 0.988. The van der Waals surface area contributed by atoms with E-state index in [-0.39, 0.29) is 30.6 Å². The highest BCUT2D eigenvalue weighted by molar-refractivity contribution is 5.24. The van der Waals surface area contributed by atoms with Crippen molar-refractivity contribution in [1.29, 1.82) is 0 Å². The maximum absolute atomic E-state index is 9.55. The second-order valence-electron chi connectivity index (χ2n) is 5.76. The van der Waals surface area contributed by atoms with E-state index < -0.39 is 0 Å². The lowest BCUT2D eigenvalue weighted by molar-refractivity contribution is 0.0912. The van der Waals surface area contributed by atoms with Crippen LogP contribution in [0.1, 0.15) is 30.9 Å². The van der Waals surface area contributed by atoms with Gasteiger partial charge in [-0.2, -0.15) is 0 Å². The highest BCUT2D eigenvalue weighted by Gasteiger charge is 2.33. The molecule has 1 aromatic rings. The fourth-order valence-corrected chi connectivity index (χ4v) is 2.99. The predicted molar refractivity (Wildman–Crippen MR) is 74.5 cm³/mol. The molecule has 6 nitrogen and oxygen atoms in total. The Morgan fingerprint density at radius 1 is 1.35 bits per heavy atom. The van der Waals surface area contributed by atoms with E-state index in [1.807, 2.05) is 0 Å². The molecule has 2 fully saturated rings. The molecule has 1 unspecified atom stereocenters. The number of piperidine rings is 1. The van der Waals surface area contributed by atoms with Crippen LogP contribution in [0.15, 0.2) is 12.4 Å². The molecule has 1 saturated heterocycles. The van der Waals surface area contributed by atoms with Gasteiger partial charge in [-0.05, 0) is 31.7 Å². The van der Waals surface area contributed by atoms with Crippen molar-refractivity contribution in [1.82, 2.24) is 15.3 Å². The molecule has 3 rings (SSSR count). The summed E-state index contributed by atoms with van der Waals surface area (Å²) in [6.45, 7) is 1.93. The molecule has 2 heterocycles. The largest absolute Gasteiger partial charge is 0.473 e. The Balaban J connectivity index is 1.77. The van der Waals surface area contributed by atoms with Crippen LogP contribution in [0.25, 0.3) is 0 Å². The van der Waals surface area contributed by atoms with Crippen LogP contribution in [-0.4, -0.2) is 46.9 Å². The first-order valence-electron chi connectivity index (χ1n) is 7.32. The molecule has 0 spiro atoms. The lowest BCUT2D eigenvalue weighted by atomic mass is 9.84. The summed E-state index contributed by atoms with van der Waals surface area (Å²) >= 11 is 0. The number of hydrogen-bond acceptors (Lipinski definition) is 6. The molecule has 1 aliphatic heterocycles. The molecule has 110 valence electrons. The number of aliphatic hydroxyl groups is 1. The summed E-state index contributed by atoms with van der Waals surface area (Å²) in [4.78, 5) is 8.80. The molecule has 20 heavy (non-hydrogen) atoms. The van der Waals surface area contributed by atoms with Crippen molar-refractivity contribution >= 4 is 0 Å². The number of nitrogens with two attached hydrogens (primary N) is 1. The Hall–Kier alpha value is -1.24. The molecular weight excluding hydrogens is 256 g/mol. The highest BCUT2D eigenvalue weighted by Crippen LogP contribution is 2.34. The molecule has 6 heteroatoms. The lowest BCUT2D eigenvalue weighted by Gasteiger charge is -2.34. The van der Waals surface area contributed by atoms with E-state index in [2.05, 4.69) is 15.3 Å². The van der Waals surface area contributed by atoms with Crippen LogP contribution in [0.5, 0.6) is 5.88 Å². The van der Waals surface area contributed by atoms with Gasteiger partial charge in [0.15, 0.2) is 0 Å². The van der Waals surface area contributed by atoms with Gasteiger partial charge in [0.25, 0.3) is 0 Å². The fraction of sp³-hybridized carbons (Fsp3) is 0.714. The second kappa shape index (κ2) is 6.03. The first-order chi connectivity index (χ1) is 9.78. The van der Waals surface area contributed by atoms with Gasteiger partial charge in [-0.3, -0.25) is 4.98 Å². The Labute approximate surface area is 118 Å². The maximum Gasteiger partial charge on any atom is 0.236 e. The van der Waals surface area contributed by atoms with E-state index in [4.69, 9.17) is 10.5 Å². The number of ether oxygens (including phenoxy) is 1. The molecular formula is C14H22N4O2. The first kappa shape index (κ1) is 13.7. The zero-order valence-corrected chi connectivity index (χ0v) is 11.5. The van der Waals surface area contributed by atoms with Gasteiger partial charge in [0.1, 0.15) is 11.8 Å². The van der Waals surface area contributed by atoms with Gasteiger partial charge in [-0.1, -0.05) is 0 Å². The van der Waals surface area contributed by atoms with Gasteiger partial charge in [0.05, 0.1) is 0 Å². The Morgan fingerprint density at radius 2 is 2.15 bits per heavy atom. The van der Waals surface area contributed by atoms with Crippen LogP contribution in [0.4, 0.5) is 0 Å². The van der Waals surface area contributed by atoms with Crippen molar-refractivity contribution in [2.24, 2.45) is 11.7 Å². The normalized spacial score (nSPS) is 33.5. The van der Waals surface area contributed by atoms with E-state index in [0.29, 0.717) is 5.88 Å². The number of rotatable bonds is 4. The van der Waals surface area contributed by atoms with Crippen molar-refractivity contribution in [3.63, 3.8) is 0 Å². The molecule has 0 aromatic carbocycles. The van der Waals surface area contributed by atoms with Gasteiger partial charge >= 0.3 is 0 Å². The average molecular weight is 278 g/mol. The molecule has 1 aliphatic carbocycles. The quantitative estimate of drug-likeness (QED) is 0.719. The van der Waals surface area contributed by atoms with E-state index >= 15 is 0 Å². The van der Waals surface area contributed by atoms with Crippen LogP contribution in [0.2, 0.25) is 0 Å². The molecule has 2 atom stereocenters. The van der Waals surface area contributed by atoms with Crippen molar-refractivity contribution < 1.29 is 9.84 Å². The SMILES string of the molecule is NC1CC(Oc2nccnc2[C@@H]2CNCCC2CO)C1. The van der Waals surface area contributed by atoms with Crippen molar-refractivity contribution in [2.75, 3.05) is 19.7 Å². The minimum atomic E-state index is 0.157. The molecule has 2 aliphatic rings. The van der Waals surface area contributed by atoms with Crippen LogP contribution >= 0.6 is 0 Å². The Bertz CT molecular complexity index is 451. The number of aliphatic hydroxyl groups excluding tert-OH is 1. The third-order valence-corrected chi connectivity index (χ3v) is 4.31. The fourth-order valence-electron chi connectivity index (χ4n) is 2.99. The lowest BCUT2D eigenvalue weighted by Crippen LogP contribution is -2.44. The highest BCUT2D eigenvalue weighted by atomic mass is 16.5. The average Bonchev–Trinajstić information content (AvgIpc) is 2.46. The molecule has 1 saturated carbocycles. The molecule has 0 radical (unpaired) electrons. The molecule has 1 aromatic heterocycles. The first-order valence-corrected chi connectivity index (χ1v) is 7.32. The molecule has 4 N–H and O–H groups in total. The third-order valence-electron chi connectivity index (χ3n) is 4.31. The van der Waals surface area contributed by atoms with E-state index in [9.17, 15) is 5.11 Å². The third kappa shape index (κ3) is 2.77. The van der Waals surface area contributed by atoms with Gasteiger partial charge in [-0.15, -0.1) is 0 Å². The van der Waals surface area contributed by atoms with E-state index in [1.54, 1.807) is 12.4 Å². The summed E-state index contributed by atoms with van der Waals surface area (Å²) < 4.78 is 5.93. The van der Waals surface area contributed by atoms with Gasteiger partial charge < -0.3 is 20.9 Å². The Kier molecular flexibility index (Phi) is 4.14. The zero-order valence-electron chi connectivity index (χ0n) is 11.5. The molecule has 0 bridgehead atoms. The van der Waals surface area contributed by atoms with Crippen molar-refractivity contribution in [3.8, 4) is 5.88 Å². The van der Waals surface area contributed by atoms with Crippen LogP contribution in [0.3, 0.4) is 0 Å². The minimum absolute atomic E-state index is 0.157. The smallest absolute Gasteiger partial charge is 0.236 e. The number of nitrogens with zero attached hydrogens (tertiary/aromatic N) is 2. The summed E-state index contributed by atoms with van der Waals surface area (Å²) in [5, 5.41) is 12.9. The zero-order chi connectivity index (χ0) is 13.9. The maximum atomic E-state index is 9.55. The Morgan fingerprint density at radius 3 is 2.90 bits per heavy atom. The summed E-state index contributed by atoms with van der Waals surface area (Å²) in [5.41, 5.74) is 6.65. The summed E-state index contributed by atoms with van der Waals surface area (Å²) in [6.07, 6.45) is 6.21. The van der Waals surface area contributed by atoms with Crippen LogP contribution in [-0.2, 0) is 0 Å². The van der Waals surface area contributed by atoms with E-state index in [1.165, 1.54) is 0 Å².